The summed E-state index contributed by atoms with van der Waals surface area (Å²) >= 11 is 0. The molecule has 10 heavy (non-hydrogen) atoms. The molecule has 48 valence electrons. The van der Waals surface area contributed by atoms with Crippen molar-refractivity contribution in [2.75, 3.05) is 0 Å². The number of carbonyl (C=O) groups is 1. The van der Waals surface area contributed by atoms with E-state index in [0.29, 0.717) is 0 Å². The fraction of sp³-hybridized carbons (Fsp3) is 0.125. The Morgan fingerprint density at radius 1 is 1.30 bits per heavy atom. The molecule has 0 fully saturated rings. The molecule has 1 aromatic rings. The minimum absolute atomic E-state index is 0. The third-order valence-electron chi connectivity index (χ3n) is 1.18. The van der Waals surface area contributed by atoms with E-state index in [-0.39, 0.29) is 36.8 Å². The summed E-state index contributed by atoms with van der Waals surface area (Å²) in [6, 6.07) is 9.23. The van der Waals surface area contributed by atoms with Gasteiger partial charge in [-0.1, -0.05) is 30.3 Å². The third kappa shape index (κ3) is 2.65. The Balaban J connectivity index is 0. The molecular formula is C8H9NaO. The standard InChI is InChI=1S/C8H8O.Na.H/c1-7(9)8-5-3-2-4-6-8;;/h2-6H,1H3;;/q;+1;-1. The van der Waals surface area contributed by atoms with Gasteiger partial charge in [-0.3, -0.25) is 4.79 Å². The van der Waals surface area contributed by atoms with Crippen molar-refractivity contribution >= 4 is 5.78 Å². The first-order valence-electron chi connectivity index (χ1n) is 2.86. The predicted octanol–water partition coefficient (Wildman–Crippen LogP) is -0.994. The first kappa shape index (κ1) is 9.89. The van der Waals surface area contributed by atoms with Crippen molar-refractivity contribution in [1.82, 2.24) is 0 Å². The molecule has 0 amide bonds. The number of rotatable bonds is 1. The molecule has 0 heterocycles. The molecule has 0 aliphatic carbocycles. The van der Waals surface area contributed by atoms with E-state index in [9.17, 15) is 4.79 Å². The van der Waals surface area contributed by atoms with Crippen LogP contribution in [0.1, 0.15) is 18.7 Å². The Kier molecular flexibility index (Phi) is 4.62. The van der Waals surface area contributed by atoms with Crippen molar-refractivity contribution in [3.8, 4) is 0 Å². The van der Waals surface area contributed by atoms with E-state index in [4.69, 9.17) is 0 Å². The average molecular weight is 144 g/mol. The van der Waals surface area contributed by atoms with Gasteiger partial charge in [0.25, 0.3) is 0 Å². The van der Waals surface area contributed by atoms with E-state index < -0.39 is 0 Å². The van der Waals surface area contributed by atoms with Crippen molar-refractivity contribution in [2.45, 2.75) is 6.92 Å². The number of Topliss-reactive ketones (excluding diaryl/α,β-unsaturated/α-hetero) is 1. The fourth-order valence-corrected chi connectivity index (χ4v) is 0.673. The van der Waals surface area contributed by atoms with E-state index in [2.05, 4.69) is 0 Å². The molecule has 0 saturated carbocycles. The van der Waals surface area contributed by atoms with Gasteiger partial charge in [0.05, 0.1) is 0 Å². The molecule has 0 saturated heterocycles. The van der Waals surface area contributed by atoms with Crippen LogP contribution >= 0.6 is 0 Å². The van der Waals surface area contributed by atoms with Crippen LogP contribution in [0, 0.1) is 0 Å². The molecule has 0 N–H and O–H groups in total. The minimum atomic E-state index is 0. The third-order valence-corrected chi connectivity index (χ3v) is 1.18. The van der Waals surface area contributed by atoms with E-state index in [1.54, 1.807) is 6.92 Å². The van der Waals surface area contributed by atoms with E-state index >= 15 is 0 Å². The van der Waals surface area contributed by atoms with Crippen molar-refractivity contribution in [3.05, 3.63) is 35.9 Å². The molecule has 0 aliphatic heterocycles. The molecule has 0 aliphatic rings. The summed E-state index contributed by atoms with van der Waals surface area (Å²) in [5.41, 5.74) is 0.775. The van der Waals surface area contributed by atoms with Crippen LogP contribution < -0.4 is 29.6 Å². The van der Waals surface area contributed by atoms with Gasteiger partial charge in [0, 0.05) is 5.56 Å². The van der Waals surface area contributed by atoms with E-state index in [1.165, 1.54) is 0 Å². The smallest absolute Gasteiger partial charge is 1.00 e. The van der Waals surface area contributed by atoms with Crippen LogP contribution in [0.2, 0.25) is 0 Å². The molecule has 1 nitrogen and oxygen atoms in total. The van der Waals surface area contributed by atoms with Crippen molar-refractivity contribution < 1.29 is 35.8 Å². The van der Waals surface area contributed by atoms with Crippen molar-refractivity contribution in [2.24, 2.45) is 0 Å². The van der Waals surface area contributed by atoms with Crippen LogP contribution in [0.4, 0.5) is 0 Å². The van der Waals surface area contributed by atoms with Gasteiger partial charge in [-0.2, -0.15) is 0 Å². The van der Waals surface area contributed by atoms with Gasteiger partial charge < -0.3 is 1.43 Å². The summed E-state index contributed by atoms with van der Waals surface area (Å²) < 4.78 is 0. The van der Waals surface area contributed by atoms with E-state index in [0.717, 1.165) is 5.56 Å². The largest absolute Gasteiger partial charge is 1.00 e. The monoisotopic (exact) mass is 144 g/mol. The summed E-state index contributed by atoms with van der Waals surface area (Å²) in [7, 11) is 0. The zero-order valence-corrected chi connectivity index (χ0v) is 8.29. The second-order valence-electron chi connectivity index (χ2n) is 1.92. The first-order valence-corrected chi connectivity index (χ1v) is 2.86. The molecule has 1 aromatic carbocycles. The average Bonchev–Trinajstić information content (AvgIpc) is 1.90. The van der Waals surface area contributed by atoms with Crippen LogP contribution in [0.3, 0.4) is 0 Å². The van der Waals surface area contributed by atoms with Crippen LogP contribution in [0.15, 0.2) is 30.3 Å². The Hall–Kier alpha value is -0.110. The zero-order valence-electron chi connectivity index (χ0n) is 7.29. The summed E-state index contributed by atoms with van der Waals surface area (Å²) in [5, 5.41) is 0. The summed E-state index contributed by atoms with van der Waals surface area (Å²) in [4.78, 5) is 10.6. The quantitative estimate of drug-likeness (QED) is 0.365. The van der Waals surface area contributed by atoms with Crippen LogP contribution in [-0.4, -0.2) is 5.78 Å². The normalized spacial score (nSPS) is 8.10. The van der Waals surface area contributed by atoms with Gasteiger partial charge in [-0.05, 0) is 6.92 Å². The molecule has 0 aromatic heterocycles. The molecule has 0 bridgehead atoms. The SMILES string of the molecule is CC(=O)c1ccccc1.[H-].[Na+]. The summed E-state index contributed by atoms with van der Waals surface area (Å²) in [6.45, 7) is 1.56. The van der Waals surface area contributed by atoms with Crippen LogP contribution in [0.25, 0.3) is 0 Å². The number of ketones is 1. The molecule has 0 radical (unpaired) electrons. The molecule has 0 spiro atoms. The Labute approximate surface area is 84.2 Å². The maximum Gasteiger partial charge on any atom is 1.00 e. The van der Waals surface area contributed by atoms with Gasteiger partial charge in [0.15, 0.2) is 5.78 Å². The maximum atomic E-state index is 10.6. The number of hydrogen-bond acceptors (Lipinski definition) is 1. The van der Waals surface area contributed by atoms with E-state index in [1.807, 2.05) is 30.3 Å². The molecule has 0 atom stereocenters. The Morgan fingerprint density at radius 2 is 1.80 bits per heavy atom. The molecule has 0 unspecified atom stereocenters. The molecular weight excluding hydrogens is 135 g/mol. The number of carbonyl (C=O) groups excluding carboxylic acids is 1. The molecule has 2 heteroatoms. The Morgan fingerprint density at radius 3 is 2.10 bits per heavy atom. The molecule has 1 rings (SSSR count). The predicted molar refractivity (Wildman–Crippen MR) is 37.6 cm³/mol. The summed E-state index contributed by atoms with van der Waals surface area (Å²) in [5.74, 6) is 0.121. The topological polar surface area (TPSA) is 17.1 Å². The maximum absolute atomic E-state index is 10.6. The minimum Gasteiger partial charge on any atom is -1.00 e. The summed E-state index contributed by atoms with van der Waals surface area (Å²) in [6.07, 6.45) is 0. The van der Waals surface area contributed by atoms with Crippen LogP contribution in [0.5, 0.6) is 0 Å². The van der Waals surface area contributed by atoms with Crippen molar-refractivity contribution in [1.29, 1.82) is 0 Å². The van der Waals surface area contributed by atoms with Gasteiger partial charge >= 0.3 is 29.6 Å². The van der Waals surface area contributed by atoms with Crippen LogP contribution in [-0.2, 0) is 0 Å². The number of benzene rings is 1. The first-order chi connectivity index (χ1) is 4.30. The fourth-order valence-electron chi connectivity index (χ4n) is 0.673. The Bertz CT molecular complexity index is 211. The zero-order chi connectivity index (χ0) is 6.69. The van der Waals surface area contributed by atoms with Gasteiger partial charge in [-0.25, -0.2) is 0 Å². The van der Waals surface area contributed by atoms with Gasteiger partial charge in [0.1, 0.15) is 0 Å². The van der Waals surface area contributed by atoms with Crippen molar-refractivity contribution in [3.63, 3.8) is 0 Å². The second-order valence-corrected chi connectivity index (χ2v) is 1.92. The van der Waals surface area contributed by atoms with Gasteiger partial charge in [-0.15, -0.1) is 0 Å². The van der Waals surface area contributed by atoms with Gasteiger partial charge in [0.2, 0.25) is 0 Å². The number of hydrogen-bond donors (Lipinski definition) is 0. The second kappa shape index (κ2) is 4.67.